The van der Waals surface area contributed by atoms with Crippen molar-refractivity contribution in [3.05, 3.63) is 24.5 Å². The molecule has 0 spiro atoms. The molecular weight excluding hydrogens is 435 g/mol. The van der Waals surface area contributed by atoms with E-state index in [1.54, 1.807) is 18.2 Å². The molecule has 0 amide bonds. The van der Waals surface area contributed by atoms with Gasteiger partial charge in [-0.15, -0.1) is 5.10 Å². The zero-order valence-electron chi connectivity index (χ0n) is 17.9. The summed E-state index contributed by atoms with van der Waals surface area (Å²) in [7, 11) is 3.46. The predicted octanol–water partition coefficient (Wildman–Crippen LogP) is 3.11. The van der Waals surface area contributed by atoms with Gasteiger partial charge in [0.05, 0.1) is 12.7 Å². The summed E-state index contributed by atoms with van der Waals surface area (Å²) in [5.41, 5.74) is 1.04. The van der Waals surface area contributed by atoms with Gasteiger partial charge in [-0.3, -0.25) is 4.90 Å². The van der Waals surface area contributed by atoms with Gasteiger partial charge in [0.25, 0.3) is 5.19 Å². The Balaban J connectivity index is 1.35. The molecule has 2 saturated heterocycles. The number of rotatable bonds is 5. The summed E-state index contributed by atoms with van der Waals surface area (Å²) in [6, 6.07) is 5.07. The zero-order chi connectivity index (χ0) is 22.5. The van der Waals surface area contributed by atoms with E-state index < -0.39 is 12.3 Å². The number of alkyl halides is 1. The molecule has 32 heavy (non-hydrogen) atoms. The minimum Gasteiger partial charge on any atom is -0.507 e. The van der Waals surface area contributed by atoms with Gasteiger partial charge in [0.2, 0.25) is 0 Å². The number of phenols is 1. The highest BCUT2D eigenvalue weighted by molar-refractivity contribution is 7.16. The fourth-order valence-electron chi connectivity index (χ4n) is 4.61. The number of aromatic hydroxyl groups is 1. The number of piperidine rings is 1. The molecule has 2 fully saturated rings. The number of ether oxygens (including phenoxy) is 2. The third-order valence-corrected chi connectivity index (χ3v) is 7.42. The molecular formula is C21H23FN6O3S. The summed E-state index contributed by atoms with van der Waals surface area (Å²) in [5.74, 6) is 0.372. The first-order chi connectivity index (χ1) is 15.4. The number of fused-ring (bicyclic) bond motifs is 2. The van der Waals surface area contributed by atoms with Crippen LogP contribution in [-0.4, -0.2) is 73.2 Å². The number of aromatic nitrogens is 5. The normalized spacial score (nSPS) is 27.4. The summed E-state index contributed by atoms with van der Waals surface area (Å²) < 4.78 is 26.0. The van der Waals surface area contributed by atoms with Gasteiger partial charge in [0, 0.05) is 23.6 Å². The lowest BCUT2D eigenvalue weighted by atomic mass is 9.88. The van der Waals surface area contributed by atoms with Gasteiger partial charge < -0.3 is 14.6 Å². The molecule has 9 nitrogen and oxygen atoms in total. The Morgan fingerprint density at radius 1 is 1.28 bits per heavy atom. The van der Waals surface area contributed by atoms with Gasteiger partial charge in [0.1, 0.15) is 18.2 Å². The van der Waals surface area contributed by atoms with Crippen LogP contribution in [0.2, 0.25) is 0 Å². The molecule has 3 aromatic rings. The highest BCUT2D eigenvalue weighted by Crippen LogP contribution is 2.45. The second kappa shape index (κ2) is 7.89. The minimum absolute atomic E-state index is 0.00204. The first kappa shape index (κ1) is 21.0. The molecule has 2 aliphatic rings. The molecule has 2 bridgehead atoms. The van der Waals surface area contributed by atoms with Crippen LogP contribution in [0.5, 0.6) is 17.0 Å². The number of halogens is 1. The average molecular weight is 459 g/mol. The highest BCUT2D eigenvalue weighted by Gasteiger charge is 2.53. The van der Waals surface area contributed by atoms with Crippen molar-refractivity contribution in [3.63, 3.8) is 0 Å². The molecule has 168 valence electrons. The van der Waals surface area contributed by atoms with Crippen LogP contribution >= 0.6 is 11.3 Å². The second-order valence-electron chi connectivity index (χ2n) is 8.42. The van der Waals surface area contributed by atoms with Crippen LogP contribution in [0.1, 0.15) is 26.2 Å². The quantitative estimate of drug-likeness (QED) is 0.617. The van der Waals surface area contributed by atoms with E-state index in [4.69, 9.17) is 9.47 Å². The molecule has 2 aliphatic heterocycles. The minimum atomic E-state index is -1.08. The molecule has 1 N–H and O–H groups in total. The number of benzene rings is 1. The van der Waals surface area contributed by atoms with Crippen LogP contribution in [-0.2, 0) is 0 Å². The first-order valence-electron chi connectivity index (χ1n) is 10.3. The highest BCUT2D eigenvalue weighted by atomic mass is 32.1. The second-order valence-corrected chi connectivity index (χ2v) is 9.36. The Morgan fingerprint density at radius 2 is 2.12 bits per heavy atom. The smallest absolute Gasteiger partial charge is 0.319 e. The summed E-state index contributed by atoms with van der Waals surface area (Å²) in [6.45, 7) is 2.16. The third-order valence-electron chi connectivity index (χ3n) is 6.57. The number of nitrogens with zero attached hydrogens (tertiary/aromatic N) is 6. The van der Waals surface area contributed by atoms with Crippen molar-refractivity contribution in [1.82, 2.24) is 30.0 Å². The molecule has 1 unspecified atom stereocenters. The van der Waals surface area contributed by atoms with Gasteiger partial charge >= 0.3 is 6.01 Å². The lowest BCUT2D eigenvalue weighted by Gasteiger charge is -2.44. The number of methoxy groups -OCH3 is 1. The van der Waals surface area contributed by atoms with Crippen LogP contribution in [0.4, 0.5) is 4.39 Å². The Hall–Kier alpha value is -2.92. The fourth-order valence-corrected chi connectivity index (χ4v) is 5.40. The van der Waals surface area contributed by atoms with E-state index in [1.807, 2.05) is 7.05 Å². The maximum absolute atomic E-state index is 15.0. The molecule has 2 aromatic heterocycles. The van der Waals surface area contributed by atoms with Crippen molar-refractivity contribution >= 4 is 11.3 Å². The lowest BCUT2D eigenvalue weighted by Crippen LogP contribution is -2.57. The van der Waals surface area contributed by atoms with Crippen LogP contribution in [0.15, 0.2) is 24.5 Å². The van der Waals surface area contributed by atoms with Crippen molar-refractivity contribution in [3.8, 4) is 38.9 Å². The Labute approximate surface area is 188 Å². The standard InChI is InChI=1S/C21H23FN6O3S/c1-21-7-6-13(28(21)2)16(22)15(9-21)31-20-27-26-18(32-20)12-5-4-11(8-14(12)29)17-23-10-24-19(25-17)30-3/h4-5,8,10,13,15-16,29H,6-7,9H2,1-3H3/t13?,15-,16+,21-/m0/s1. The average Bonchev–Trinajstić information content (AvgIpc) is 3.33. The fraction of sp³-hybridized carbons (Fsp3) is 0.476. The van der Waals surface area contributed by atoms with Gasteiger partial charge in [-0.2, -0.15) is 9.97 Å². The van der Waals surface area contributed by atoms with Crippen LogP contribution < -0.4 is 9.47 Å². The molecule has 5 rings (SSSR count). The first-order valence-corrected chi connectivity index (χ1v) is 11.1. The topological polar surface area (TPSA) is 106 Å². The molecule has 0 radical (unpaired) electrons. The molecule has 4 atom stereocenters. The third kappa shape index (κ3) is 3.55. The monoisotopic (exact) mass is 458 g/mol. The summed E-state index contributed by atoms with van der Waals surface area (Å²) >= 11 is 1.18. The molecule has 1 aromatic carbocycles. The van der Waals surface area contributed by atoms with E-state index in [-0.39, 0.29) is 23.3 Å². The Kier molecular flexibility index (Phi) is 5.17. The molecule has 0 saturated carbocycles. The van der Waals surface area contributed by atoms with Gasteiger partial charge in [-0.25, -0.2) is 9.37 Å². The van der Waals surface area contributed by atoms with E-state index in [0.717, 1.165) is 12.8 Å². The maximum Gasteiger partial charge on any atom is 0.319 e. The number of phenolic OH excluding ortho intramolecular Hbond substituents is 1. The van der Waals surface area contributed by atoms with Crippen molar-refractivity contribution in [2.45, 2.75) is 50.0 Å². The SMILES string of the molecule is COc1ncnc(-c2ccc(-c3nnc(O[C@H]4C[C@]5(C)CCC([C@H]4F)N5C)s3)c(O)c2)n1. The molecule has 4 heterocycles. The van der Waals surface area contributed by atoms with Crippen molar-refractivity contribution in [2.24, 2.45) is 0 Å². The maximum atomic E-state index is 15.0. The number of hydrogen-bond acceptors (Lipinski definition) is 10. The van der Waals surface area contributed by atoms with Crippen LogP contribution in [0, 0.1) is 0 Å². The largest absolute Gasteiger partial charge is 0.507 e. The van der Waals surface area contributed by atoms with Crippen molar-refractivity contribution in [2.75, 3.05) is 14.2 Å². The van der Waals surface area contributed by atoms with Gasteiger partial charge in [0.15, 0.2) is 17.0 Å². The van der Waals surface area contributed by atoms with Crippen molar-refractivity contribution in [1.29, 1.82) is 0 Å². The Bertz CT molecular complexity index is 1150. The summed E-state index contributed by atoms with van der Waals surface area (Å²) in [4.78, 5) is 14.3. The van der Waals surface area contributed by atoms with Crippen LogP contribution in [0.3, 0.4) is 0 Å². The van der Waals surface area contributed by atoms with E-state index in [9.17, 15) is 5.11 Å². The lowest BCUT2D eigenvalue weighted by molar-refractivity contribution is -0.0441. The van der Waals surface area contributed by atoms with E-state index in [0.29, 0.717) is 33.6 Å². The Morgan fingerprint density at radius 3 is 2.91 bits per heavy atom. The summed E-state index contributed by atoms with van der Waals surface area (Å²) in [5, 5.41) is 19.6. The predicted molar refractivity (Wildman–Crippen MR) is 116 cm³/mol. The molecule has 0 aliphatic carbocycles. The van der Waals surface area contributed by atoms with Crippen LogP contribution in [0.25, 0.3) is 22.0 Å². The zero-order valence-corrected chi connectivity index (χ0v) is 18.7. The van der Waals surface area contributed by atoms with Gasteiger partial charge in [-0.05, 0) is 38.9 Å². The number of hydrogen-bond donors (Lipinski definition) is 1. The summed E-state index contributed by atoms with van der Waals surface area (Å²) in [6.07, 6.45) is 2.11. The molecule has 11 heteroatoms. The van der Waals surface area contributed by atoms with E-state index >= 15 is 4.39 Å². The van der Waals surface area contributed by atoms with E-state index in [1.165, 1.54) is 24.8 Å². The van der Waals surface area contributed by atoms with Gasteiger partial charge in [-0.1, -0.05) is 22.5 Å². The van der Waals surface area contributed by atoms with Crippen molar-refractivity contribution < 1.29 is 19.0 Å². The van der Waals surface area contributed by atoms with E-state index in [2.05, 4.69) is 37.0 Å².